The first kappa shape index (κ1) is 23.6. The molecule has 0 spiro atoms. The Morgan fingerprint density at radius 3 is 2.94 bits per heavy atom. The number of nitrogens with one attached hydrogen (secondary N) is 3. The van der Waals surface area contributed by atoms with E-state index in [-0.39, 0.29) is 18.0 Å². The smallest absolute Gasteiger partial charge is 0.293 e. The zero-order valence-corrected chi connectivity index (χ0v) is 20.3. The predicted octanol–water partition coefficient (Wildman–Crippen LogP) is 2.40. The number of aryl methyl sites for hydroxylation is 1. The van der Waals surface area contributed by atoms with Gasteiger partial charge in [-0.1, -0.05) is 6.07 Å². The van der Waals surface area contributed by atoms with E-state index < -0.39 is 0 Å². The molecule has 186 valence electrons. The monoisotopic (exact) mass is 478 g/mol. The number of anilines is 1. The maximum Gasteiger partial charge on any atom is 0.293 e. The molecule has 0 aliphatic carbocycles. The minimum absolute atomic E-state index is 0.0358. The molecular formula is C26H34N6O3. The summed E-state index contributed by atoms with van der Waals surface area (Å²) in [5, 5.41) is 7.32. The number of H-pyrrole nitrogens is 1. The van der Waals surface area contributed by atoms with Gasteiger partial charge in [-0.05, 0) is 68.3 Å². The van der Waals surface area contributed by atoms with Gasteiger partial charge in [0.25, 0.3) is 5.56 Å². The van der Waals surface area contributed by atoms with E-state index in [1.165, 1.54) is 11.0 Å². The fraction of sp³-hybridized carbons (Fsp3) is 0.500. The highest BCUT2D eigenvalue weighted by Crippen LogP contribution is 2.25. The number of nitrogens with zero attached hydrogens (tertiary/aromatic N) is 3. The number of amides is 1. The van der Waals surface area contributed by atoms with Gasteiger partial charge in [0, 0.05) is 62.0 Å². The minimum atomic E-state index is -0.260. The lowest BCUT2D eigenvalue weighted by atomic mass is 10.1. The summed E-state index contributed by atoms with van der Waals surface area (Å²) in [6.07, 6.45) is 7.97. The Kier molecular flexibility index (Phi) is 7.15. The molecule has 1 amide bonds. The number of carbonyl (C=O) groups excluding carboxylic acids is 1. The van der Waals surface area contributed by atoms with Gasteiger partial charge in [-0.3, -0.25) is 19.1 Å². The Bertz CT molecular complexity index is 1230. The molecule has 0 radical (unpaired) electrons. The molecule has 4 heterocycles. The van der Waals surface area contributed by atoms with Crippen LogP contribution in [0.25, 0.3) is 10.9 Å². The fourth-order valence-corrected chi connectivity index (χ4v) is 5.29. The largest absolute Gasteiger partial charge is 0.381 e. The molecule has 5 rings (SSSR count). The molecule has 3 aromatic rings. The molecular weight excluding hydrogens is 444 g/mol. The van der Waals surface area contributed by atoms with Crippen molar-refractivity contribution in [3.8, 4) is 0 Å². The van der Waals surface area contributed by atoms with E-state index in [0.29, 0.717) is 36.7 Å². The van der Waals surface area contributed by atoms with Crippen molar-refractivity contribution in [2.75, 3.05) is 31.6 Å². The molecule has 0 unspecified atom stereocenters. The molecule has 9 heteroatoms. The van der Waals surface area contributed by atoms with E-state index in [1.54, 1.807) is 13.1 Å². The highest BCUT2D eigenvalue weighted by Gasteiger charge is 2.31. The number of likely N-dealkylation sites (tertiary alicyclic amines) is 1. The standard InChI is InChI=1S/C26H34N6O3/c1-18-14-29-25(30-16-22-3-2-10-31(22)21-7-11-35-12-8-21)26(34)32(18)17-24(33)28-15-19-4-5-23-20(13-19)6-9-27-23/h4-6,9,13-14,21-22,27H,2-3,7-8,10-12,15-17H2,1H3,(H,28,33)(H,29,30)/t22-/m1/s1. The predicted molar refractivity (Wildman–Crippen MR) is 135 cm³/mol. The number of fused-ring (bicyclic) bond motifs is 1. The summed E-state index contributed by atoms with van der Waals surface area (Å²) in [5.74, 6) is 0.100. The second-order valence-electron chi connectivity index (χ2n) is 9.57. The first-order valence-electron chi connectivity index (χ1n) is 12.5. The van der Waals surface area contributed by atoms with Crippen molar-refractivity contribution in [2.45, 2.75) is 57.8 Å². The molecule has 1 aromatic carbocycles. The lowest BCUT2D eigenvalue weighted by Crippen LogP contribution is -2.45. The summed E-state index contributed by atoms with van der Waals surface area (Å²) in [4.78, 5) is 35.9. The normalized spacial score (nSPS) is 19.3. The van der Waals surface area contributed by atoms with Crippen LogP contribution >= 0.6 is 0 Å². The Labute approximate surface area is 204 Å². The maximum atomic E-state index is 13.1. The third-order valence-electron chi connectivity index (χ3n) is 7.25. The van der Waals surface area contributed by atoms with Crippen LogP contribution in [0.2, 0.25) is 0 Å². The van der Waals surface area contributed by atoms with E-state index in [2.05, 4.69) is 25.5 Å². The van der Waals surface area contributed by atoms with Gasteiger partial charge in [0.1, 0.15) is 6.54 Å². The van der Waals surface area contributed by atoms with Crippen molar-refractivity contribution < 1.29 is 9.53 Å². The maximum absolute atomic E-state index is 13.1. The molecule has 2 fully saturated rings. The molecule has 2 saturated heterocycles. The van der Waals surface area contributed by atoms with Gasteiger partial charge < -0.3 is 20.4 Å². The summed E-state index contributed by atoms with van der Waals surface area (Å²) in [6.45, 7) is 5.60. The van der Waals surface area contributed by atoms with E-state index in [0.717, 1.165) is 55.5 Å². The molecule has 0 bridgehead atoms. The van der Waals surface area contributed by atoms with Gasteiger partial charge in [0.2, 0.25) is 5.91 Å². The zero-order chi connectivity index (χ0) is 24.2. The van der Waals surface area contributed by atoms with Crippen LogP contribution < -0.4 is 16.2 Å². The van der Waals surface area contributed by atoms with Crippen LogP contribution in [0, 0.1) is 6.92 Å². The number of hydrogen-bond donors (Lipinski definition) is 3. The van der Waals surface area contributed by atoms with Crippen LogP contribution in [0.3, 0.4) is 0 Å². The second kappa shape index (κ2) is 10.6. The number of ether oxygens (including phenoxy) is 1. The first-order valence-corrected chi connectivity index (χ1v) is 12.5. The lowest BCUT2D eigenvalue weighted by Gasteiger charge is -2.35. The van der Waals surface area contributed by atoms with Crippen molar-refractivity contribution in [1.29, 1.82) is 0 Å². The van der Waals surface area contributed by atoms with Gasteiger partial charge in [-0.2, -0.15) is 0 Å². The van der Waals surface area contributed by atoms with Crippen LogP contribution in [0.4, 0.5) is 5.82 Å². The van der Waals surface area contributed by atoms with Crippen LogP contribution in [0.5, 0.6) is 0 Å². The average Bonchev–Trinajstić information content (AvgIpc) is 3.54. The Morgan fingerprint density at radius 1 is 1.23 bits per heavy atom. The minimum Gasteiger partial charge on any atom is -0.381 e. The topological polar surface area (TPSA) is 104 Å². The number of aromatic nitrogens is 3. The van der Waals surface area contributed by atoms with Crippen LogP contribution in [-0.4, -0.2) is 63.7 Å². The zero-order valence-electron chi connectivity index (χ0n) is 20.3. The van der Waals surface area contributed by atoms with E-state index >= 15 is 0 Å². The SMILES string of the molecule is Cc1cnc(NC[C@H]2CCCN2C2CCOCC2)c(=O)n1CC(=O)NCc1ccc2[nH]ccc2c1. The van der Waals surface area contributed by atoms with Gasteiger partial charge in [-0.15, -0.1) is 0 Å². The van der Waals surface area contributed by atoms with Crippen LogP contribution in [0.15, 0.2) is 41.5 Å². The Hall–Kier alpha value is -3.17. The molecule has 3 N–H and O–H groups in total. The van der Waals surface area contributed by atoms with E-state index in [4.69, 9.17) is 4.74 Å². The Morgan fingerprint density at radius 2 is 2.09 bits per heavy atom. The number of aromatic amines is 1. The second-order valence-corrected chi connectivity index (χ2v) is 9.57. The summed E-state index contributed by atoms with van der Waals surface area (Å²) in [6, 6.07) is 8.97. The van der Waals surface area contributed by atoms with Crippen molar-refractivity contribution in [1.82, 2.24) is 24.8 Å². The van der Waals surface area contributed by atoms with Gasteiger partial charge >= 0.3 is 0 Å². The molecule has 2 aliphatic rings. The molecule has 9 nitrogen and oxygen atoms in total. The number of benzene rings is 1. The number of rotatable bonds is 8. The number of carbonyl (C=O) groups is 1. The van der Waals surface area contributed by atoms with Gasteiger partial charge in [0.15, 0.2) is 5.82 Å². The molecule has 2 aromatic heterocycles. The third-order valence-corrected chi connectivity index (χ3v) is 7.25. The third kappa shape index (κ3) is 5.41. The average molecular weight is 479 g/mol. The Balaban J connectivity index is 1.19. The summed E-state index contributed by atoms with van der Waals surface area (Å²) in [7, 11) is 0. The lowest BCUT2D eigenvalue weighted by molar-refractivity contribution is -0.121. The first-order chi connectivity index (χ1) is 17.1. The molecule has 0 saturated carbocycles. The van der Waals surface area contributed by atoms with Crippen molar-refractivity contribution in [2.24, 2.45) is 0 Å². The summed E-state index contributed by atoms with van der Waals surface area (Å²) >= 11 is 0. The van der Waals surface area contributed by atoms with E-state index in [1.807, 2.05) is 30.5 Å². The highest BCUT2D eigenvalue weighted by molar-refractivity contribution is 5.80. The number of hydrogen-bond acceptors (Lipinski definition) is 6. The van der Waals surface area contributed by atoms with E-state index in [9.17, 15) is 9.59 Å². The highest BCUT2D eigenvalue weighted by atomic mass is 16.5. The van der Waals surface area contributed by atoms with Crippen LogP contribution in [0.1, 0.15) is 36.9 Å². The van der Waals surface area contributed by atoms with Gasteiger partial charge in [0.05, 0.1) is 0 Å². The van der Waals surface area contributed by atoms with Crippen molar-refractivity contribution >= 4 is 22.6 Å². The molecule has 35 heavy (non-hydrogen) atoms. The molecule has 2 aliphatic heterocycles. The summed E-state index contributed by atoms with van der Waals surface area (Å²) < 4.78 is 7.01. The fourth-order valence-electron chi connectivity index (χ4n) is 5.29. The molecule has 1 atom stereocenters. The van der Waals surface area contributed by atoms with Gasteiger partial charge in [-0.25, -0.2) is 4.98 Å². The van der Waals surface area contributed by atoms with Crippen LogP contribution in [-0.2, 0) is 22.6 Å². The quantitative estimate of drug-likeness (QED) is 0.459. The van der Waals surface area contributed by atoms with Crippen molar-refractivity contribution in [3.05, 3.63) is 58.3 Å². The summed E-state index contributed by atoms with van der Waals surface area (Å²) in [5.41, 5.74) is 2.48. The van der Waals surface area contributed by atoms with Crippen molar-refractivity contribution in [3.63, 3.8) is 0 Å².